The molecule has 56 valence electrons. The molecule has 0 bridgehead atoms. The van der Waals surface area contributed by atoms with Crippen molar-refractivity contribution in [2.75, 3.05) is 5.73 Å². The van der Waals surface area contributed by atoms with E-state index in [1.165, 1.54) is 0 Å². The fourth-order valence-electron chi connectivity index (χ4n) is 0.955. The summed E-state index contributed by atoms with van der Waals surface area (Å²) >= 11 is 0. The number of rotatable bonds is 2. The molecule has 1 heterocycles. The van der Waals surface area contributed by atoms with E-state index in [-0.39, 0.29) is 0 Å². The monoisotopic (exact) mass is 140 g/mol. The molecule has 4 heteroatoms. The molecule has 4 nitrogen and oxygen atoms in total. The molecule has 0 aliphatic heterocycles. The van der Waals surface area contributed by atoms with E-state index in [4.69, 9.17) is 11.5 Å². The predicted molar refractivity (Wildman–Crippen MR) is 40.2 cm³/mol. The lowest BCUT2D eigenvalue weighted by molar-refractivity contribution is 0.722. The fourth-order valence-corrected chi connectivity index (χ4v) is 0.955. The standard InChI is InChI=1S/C6H12N4/c1-2-10-5(3-7)4-9-6(10)8/h4H,2-3,7H2,1H3,(H2,8,9). The summed E-state index contributed by atoms with van der Waals surface area (Å²) in [6.45, 7) is 3.34. The van der Waals surface area contributed by atoms with Gasteiger partial charge in [-0.05, 0) is 6.92 Å². The van der Waals surface area contributed by atoms with E-state index in [0.717, 1.165) is 12.2 Å². The molecular formula is C6H12N4. The Morgan fingerprint density at radius 3 is 2.80 bits per heavy atom. The largest absolute Gasteiger partial charge is 0.369 e. The molecule has 0 radical (unpaired) electrons. The molecule has 0 unspecified atom stereocenters. The van der Waals surface area contributed by atoms with Crippen molar-refractivity contribution >= 4 is 5.95 Å². The fraction of sp³-hybridized carbons (Fsp3) is 0.500. The maximum absolute atomic E-state index is 5.52. The molecule has 0 amide bonds. The van der Waals surface area contributed by atoms with Crippen molar-refractivity contribution in [1.29, 1.82) is 0 Å². The van der Waals surface area contributed by atoms with Gasteiger partial charge in [-0.15, -0.1) is 0 Å². The van der Waals surface area contributed by atoms with Gasteiger partial charge in [0.2, 0.25) is 0 Å². The zero-order valence-corrected chi connectivity index (χ0v) is 6.04. The van der Waals surface area contributed by atoms with E-state index in [1.807, 2.05) is 11.5 Å². The van der Waals surface area contributed by atoms with Crippen molar-refractivity contribution in [2.24, 2.45) is 5.73 Å². The Morgan fingerprint density at radius 1 is 1.70 bits per heavy atom. The lowest BCUT2D eigenvalue weighted by Gasteiger charge is -2.02. The number of hydrogen-bond acceptors (Lipinski definition) is 3. The van der Waals surface area contributed by atoms with Gasteiger partial charge in [0.1, 0.15) is 0 Å². The first-order chi connectivity index (χ1) is 4.79. The van der Waals surface area contributed by atoms with Gasteiger partial charge in [-0.3, -0.25) is 0 Å². The summed E-state index contributed by atoms with van der Waals surface area (Å²) in [5, 5.41) is 0. The van der Waals surface area contributed by atoms with E-state index in [9.17, 15) is 0 Å². The Bertz CT molecular complexity index is 216. The molecular weight excluding hydrogens is 128 g/mol. The van der Waals surface area contributed by atoms with E-state index < -0.39 is 0 Å². The highest BCUT2D eigenvalue weighted by atomic mass is 15.1. The van der Waals surface area contributed by atoms with Gasteiger partial charge in [0.15, 0.2) is 5.95 Å². The number of anilines is 1. The van der Waals surface area contributed by atoms with E-state index in [1.54, 1.807) is 6.20 Å². The van der Waals surface area contributed by atoms with Crippen LogP contribution in [0.15, 0.2) is 6.20 Å². The van der Waals surface area contributed by atoms with Crippen LogP contribution in [0.1, 0.15) is 12.6 Å². The summed E-state index contributed by atoms with van der Waals surface area (Å²) in [5.41, 5.74) is 11.9. The summed E-state index contributed by atoms with van der Waals surface area (Å²) in [5.74, 6) is 0.544. The molecule has 1 aromatic rings. The molecule has 10 heavy (non-hydrogen) atoms. The normalized spacial score (nSPS) is 10.2. The molecule has 0 atom stereocenters. The third-order valence-electron chi connectivity index (χ3n) is 1.49. The van der Waals surface area contributed by atoms with Gasteiger partial charge in [-0.2, -0.15) is 0 Å². The highest BCUT2D eigenvalue weighted by Gasteiger charge is 2.01. The van der Waals surface area contributed by atoms with E-state index in [0.29, 0.717) is 12.5 Å². The van der Waals surface area contributed by atoms with Crippen LogP contribution in [0.3, 0.4) is 0 Å². The summed E-state index contributed by atoms with van der Waals surface area (Å²) in [4.78, 5) is 3.92. The van der Waals surface area contributed by atoms with Crippen molar-refractivity contribution in [2.45, 2.75) is 20.0 Å². The second-order valence-corrected chi connectivity index (χ2v) is 2.06. The molecule has 0 aliphatic carbocycles. The number of nitrogens with zero attached hydrogens (tertiary/aromatic N) is 2. The average Bonchev–Trinajstić information content (AvgIpc) is 2.30. The van der Waals surface area contributed by atoms with Crippen LogP contribution in [0.5, 0.6) is 0 Å². The third-order valence-corrected chi connectivity index (χ3v) is 1.49. The Morgan fingerprint density at radius 2 is 2.40 bits per heavy atom. The Kier molecular flexibility index (Phi) is 1.91. The van der Waals surface area contributed by atoms with Gasteiger partial charge >= 0.3 is 0 Å². The summed E-state index contributed by atoms with van der Waals surface area (Å²) < 4.78 is 1.89. The van der Waals surface area contributed by atoms with Crippen LogP contribution in [-0.4, -0.2) is 9.55 Å². The lowest BCUT2D eigenvalue weighted by Crippen LogP contribution is -2.08. The van der Waals surface area contributed by atoms with Crippen molar-refractivity contribution in [3.63, 3.8) is 0 Å². The number of nitrogens with two attached hydrogens (primary N) is 2. The van der Waals surface area contributed by atoms with Gasteiger partial charge in [-0.1, -0.05) is 0 Å². The van der Waals surface area contributed by atoms with Gasteiger partial charge in [-0.25, -0.2) is 4.98 Å². The van der Waals surface area contributed by atoms with Crippen LogP contribution in [0.4, 0.5) is 5.95 Å². The van der Waals surface area contributed by atoms with Crippen molar-refractivity contribution in [3.05, 3.63) is 11.9 Å². The average molecular weight is 140 g/mol. The van der Waals surface area contributed by atoms with Crippen LogP contribution in [0.25, 0.3) is 0 Å². The SMILES string of the molecule is CCn1c(CN)cnc1N. The molecule has 1 aromatic heterocycles. The first kappa shape index (κ1) is 7.08. The third kappa shape index (κ3) is 0.974. The van der Waals surface area contributed by atoms with Crippen molar-refractivity contribution in [1.82, 2.24) is 9.55 Å². The minimum absolute atomic E-state index is 0.498. The lowest BCUT2D eigenvalue weighted by atomic mass is 10.4. The van der Waals surface area contributed by atoms with Crippen molar-refractivity contribution < 1.29 is 0 Å². The number of nitrogen functional groups attached to an aromatic ring is 1. The van der Waals surface area contributed by atoms with E-state index >= 15 is 0 Å². The zero-order chi connectivity index (χ0) is 7.56. The van der Waals surface area contributed by atoms with Crippen LogP contribution in [0, 0.1) is 0 Å². The zero-order valence-electron chi connectivity index (χ0n) is 6.04. The quantitative estimate of drug-likeness (QED) is 0.604. The molecule has 1 rings (SSSR count). The van der Waals surface area contributed by atoms with Crippen LogP contribution >= 0.6 is 0 Å². The number of aromatic nitrogens is 2. The minimum atomic E-state index is 0.498. The first-order valence-electron chi connectivity index (χ1n) is 3.29. The summed E-state index contributed by atoms with van der Waals surface area (Å²) in [6.07, 6.45) is 1.71. The van der Waals surface area contributed by atoms with Crippen LogP contribution < -0.4 is 11.5 Å². The maximum atomic E-state index is 5.52. The molecule has 0 spiro atoms. The first-order valence-corrected chi connectivity index (χ1v) is 3.29. The summed E-state index contributed by atoms with van der Waals surface area (Å²) in [7, 11) is 0. The van der Waals surface area contributed by atoms with Crippen LogP contribution in [0.2, 0.25) is 0 Å². The minimum Gasteiger partial charge on any atom is -0.369 e. The molecule has 0 saturated heterocycles. The molecule has 0 aliphatic rings. The van der Waals surface area contributed by atoms with Gasteiger partial charge in [0.25, 0.3) is 0 Å². The van der Waals surface area contributed by atoms with E-state index in [2.05, 4.69) is 4.98 Å². The highest BCUT2D eigenvalue weighted by Crippen LogP contribution is 2.04. The van der Waals surface area contributed by atoms with Gasteiger partial charge < -0.3 is 16.0 Å². The molecule has 4 N–H and O–H groups in total. The topological polar surface area (TPSA) is 69.9 Å². The molecule has 0 saturated carbocycles. The van der Waals surface area contributed by atoms with Gasteiger partial charge in [0.05, 0.1) is 11.9 Å². The summed E-state index contributed by atoms with van der Waals surface area (Å²) in [6, 6.07) is 0. The van der Waals surface area contributed by atoms with Gasteiger partial charge in [0, 0.05) is 13.1 Å². The Labute approximate surface area is 59.8 Å². The smallest absolute Gasteiger partial charge is 0.200 e. The predicted octanol–water partition coefficient (Wildman–Crippen LogP) is -0.0561. The van der Waals surface area contributed by atoms with Crippen molar-refractivity contribution in [3.8, 4) is 0 Å². The molecule has 0 aromatic carbocycles. The number of imidazole rings is 1. The van der Waals surface area contributed by atoms with Crippen LogP contribution in [-0.2, 0) is 13.1 Å². The second kappa shape index (κ2) is 2.70. The maximum Gasteiger partial charge on any atom is 0.200 e. The second-order valence-electron chi connectivity index (χ2n) is 2.06. The molecule has 0 fully saturated rings. The Hall–Kier alpha value is -1.03. The Balaban J connectivity index is 3.01. The highest BCUT2D eigenvalue weighted by molar-refractivity contribution is 5.22. The number of hydrogen-bond donors (Lipinski definition) is 2.